The summed E-state index contributed by atoms with van der Waals surface area (Å²) >= 11 is 6.19. The second kappa shape index (κ2) is 12.2. The van der Waals surface area contributed by atoms with Crippen LogP contribution in [0.2, 0.25) is 5.02 Å². The van der Waals surface area contributed by atoms with E-state index in [2.05, 4.69) is 5.32 Å². The molecule has 0 fully saturated rings. The van der Waals surface area contributed by atoms with Gasteiger partial charge in [-0.3, -0.25) is 9.59 Å². The summed E-state index contributed by atoms with van der Waals surface area (Å²) in [7, 11) is 0. The van der Waals surface area contributed by atoms with E-state index in [-0.39, 0.29) is 25.0 Å². The first-order valence-electron chi connectivity index (χ1n) is 11.4. The predicted molar refractivity (Wildman–Crippen MR) is 136 cm³/mol. The zero-order chi connectivity index (χ0) is 24.5. The first-order chi connectivity index (χ1) is 16.4. The number of nitrogens with zero attached hydrogens (tertiary/aromatic N) is 1. The van der Waals surface area contributed by atoms with Gasteiger partial charge in [0.2, 0.25) is 5.91 Å². The number of carbonyl (C=O) groups excluding carboxylic acids is 2. The summed E-state index contributed by atoms with van der Waals surface area (Å²) in [6.45, 7) is 6.43. The van der Waals surface area contributed by atoms with Crippen molar-refractivity contribution >= 4 is 23.4 Å². The summed E-state index contributed by atoms with van der Waals surface area (Å²) in [5, 5.41) is 3.46. The lowest BCUT2D eigenvalue weighted by Gasteiger charge is -2.31. The van der Waals surface area contributed by atoms with Crippen molar-refractivity contribution in [3.05, 3.63) is 100 Å². The molecule has 0 aliphatic rings. The van der Waals surface area contributed by atoms with Crippen LogP contribution in [0.15, 0.2) is 72.8 Å². The van der Waals surface area contributed by atoms with Crippen LogP contribution in [0.4, 0.5) is 0 Å². The van der Waals surface area contributed by atoms with Crippen molar-refractivity contribution in [3.8, 4) is 5.75 Å². The van der Waals surface area contributed by atoms with Gasteiger partial charge in [-0.15, -0.1) is 0 Å². The van der Waals surface area contributed by atoms with E-state index in [1.165, 1.54) is 0 Å². The Balaban J connectivity index is 1.89. The monoisotopic (exact) mass is 478 g/mol. The van der Waals surface area contributed by atoms with Crippen molar-refractivity contribution in [2.45, 2.75) is 39.8 Å². The van der Waals surface area contributed by atoms with Crippen LogP contribution in [-0.2, 0) is 22.6 Å². The zero-order valence-corrected chi connectivity index (χ0v) is 20.6. The number of rotatable bonds is 10. The predicted octanol–water partition coefficient (Wildman–Crippen LogP) is 5.11. The Hall–Kier alpha value is -3.31. The third-order valence-corrected chi connectivity index (χ3v) is 5.94. The van der Waals surface area contributed by atoms with E-state index in [1.54, 1.807) is 11.0 Å². The number of halogens is 1. The van der Waals surface area contributed by atoms with Crippen LogP contribution in [-0.4, -0.2) is 35.9 Å². The van der Waals surface area contributed by atoms with Gasteiger partial charge in [-0.1, -0.05) is 60.1 Å². The lowest BCUT2D eigenvalue weighted by Crippen LogP contribution is -2.51. The maximum atomic E-state index is 13.5. The Morgan fingerprint density at radius 1 is 0.941 bits per heavy atom. The molecule has 0 radical (unpaired) electrons. The normalized spacial score (nSPS) is 11.5. The van der Waals surface area contributed by atoms with Crippen LogP contribution in [0.1, 0.15) is 29.2 Å². The number of amides is 2. The molecule has 2 amide bonds. The van der Waals surface area contributed by atoms with Gasteiger partial charge in [0.15, 0.2) is 6.61 Å². The summed E-state index contributed by atoms with van der Waals surface area (Å²) in [6.07, 6.45) is 0.391. The smallest absolute Gasteiger partial charge is 0.261 e. The SMILES string of the molecule is CCNC(=O)C(Cc1ccccc1)N(Cc1cccc(Cl)c1)C(=O)COc1ccc(C)c(C)c1. The van der Waals surface area contributed by atoms with Crippen molar-refractivity contribution in [2.75, 3.05) is 13.2 Å². The molecule has 0 aliphatic heterocycles. The largest absolute Gasteiger partial charge is 0.484 e. The lowest BCUT2D eigenvalue weighted by atomic mass is 10.0. The Morgan fingerprint density at radius 2 is 1.68 bits per heavy atom. The van der Waals surface area contributed by atoms with E-state index in [1.807, 2.05) is 87.5 Å². The van der Waals surface area contributed by atoms with Crippen LogP contribution in [0.3, 0.4) is 0 Å². The first-order valence-corrected chi connectivity index (χ1v) is 11.8. The molecule has 0 aromatic heterocycles. The zero-order valence-electron chi connectivity index (χ0n) is 19.9. The second-order valence-corrected chi connectivity index (χ2v) is 8.72. The maximum Gasteiger partial charge on any atom is 0.261 e. The highest BCUT2D eigenvalue weighted by Gasteiger charge is 2.30. The number of carbonyl (C=O) groups is 2. The number of aryl methyl sites for hydroxylation is 2. The average Bonchev–Trinajstić information content (AvgIpc) is 2.82. The molecule has 0 heterocycles. The minimum atomic E-state index is -0.697. The Bertz CT molecular complexity index is 1120. The molecule has 0 bridgehead atoms. The Morgan fingerprint density at radius 3 is 2.35 bits per heavy atom. The molecule has 0 aliphatic carbocycles. The van der Waals surface area contributed by atoms with Crippen molar-refractivity contribution in [1.29, 1.82) is 0 Å². The highest BCUT2D eigenvalue weighted by atomic mass is 35.5. The number of benzene rings is 3. The average molecular weight is 479 g/mol. The number of likely N-dealkylation sites (N-methyl/N-ethyl adjacent to an activating group) is 1. The molecule has 1 N–H and O–H groups in total. The molecule has 6 heteroatoms. The molecular formula is C28H31ClN2O3. The summed E-state index contributed by atoms with van der Waals surface area (Å²) in [5.41, 5.74) is 4.05. The molecule has 34 heavy (non-hydrogen) atoms. The van der Waals surface area contributed by atoms with E-state index in [0.717, 1.165) is 22.3 Å². The third-order valence-electron chi connectivity index (χ3n) is 5.70. The maximum absolute atomic E-state index is 13.5. The van der Waals surface area contributed by atoms with Crippen LogP contribution < -0.4 is 10.1 Å². The van der Waals surface area contributed by atoms with E-state index >= 15 is 0 Å². The molecule has 3 rings (SSSR count). The number of hydrogen-bond acceptors (Lipinski definition) is 3. The van der Waals surface area contributed by atoms with E-state index in [9.17, 15) is 9.59 Å². The van der Waals surface area contributed by atoms with Gasteiger partial charge in [0.05, 0.1) is 0 Å². The summed E-state index contributed by atoms with van der Waals surface area (Å²) < 4.78 is 5.84. The molecule has 178 valence electrons. The van der Waals surface area contributed by atoms with Crippen LogP contribution >= 0.6 is 11.6 Å². The van der Waals surface area contributed by atoms with Crippen LogP contribution in [0, 0.1) is 13.8 Å². The van der Waals surface area contributed by atoms with Gasteiger partial charge >= 0.3 is 0 Å². The molecule has 1 atom stereocenters. The van der Waals surface area contributed by atoms with Crippen molar-refractivity contribution in [2.24, 2.45) is 0 Å². The van der Waals surface area contributed by atoms with Gasteiger partial charge in [0.25, 0.3) is 5.91 Å². The van der Waals surface area contributed by atoms with Gasteiger partial charge in [0, 0.05) is 24.5 Å². The van der Waals surface area contributed by atoms with Crippen molar-refractivity contribution < 1.29 is 14.3 Å². The first kappa shape index (κ1) is 25.3. The van der Waals surface area contributed by atoms with Gasteiger partial charge in [-0.25, -0.2) is 0 Å². The molecule has 0 spiro atoms. The quantitative estimate of drug-likeness (QED) is 0.440. The number of nitrogens with one attached hydrogen (secondary N) is 1. The highest BCUT2D eigenvalue weighted by Crippen LogP contribution is 2.19. The van der Waals surface area contributed by atoms with Gasteiger partial charge in [-0.2, -0.15) is 0 Å². The van der Waals surface area contributed by atoms with Gasteiger partial charge in [-0.05, 0) is 67.3 Å². The minimum absolute atomic E-state index is 0.173. The fourth-order valence-electron chi connectivity index (χ4n) is 3.71. The lowest BCUT2D eigenvalue weighted by molar-refractivity contribution is -0.142. The van der Waals surface area contributed by atoms with E-state index in [0.29, 0.717) is 23.7 Å². The molecular weight excluding hydrogens is 448 g/mol. The van der Waals surface area contributed by atoms with E-state index in [4.69, 9.17) is 16.3 Å². The van der Waals surface area contributed by atoms with Crippen LogP contribution in [0.5, 0.6) is 5.75 Å². The Kier molecular flexibility index (Phi) is 9.11. The molecule has 0 saturated carbocycles. The minimum Gasteiger partial charge on any atom is -0.484 e. The fourth-order valence-corrected chi connectivity index (χ4v) is 3.92. The summed E-state index contributed by atoms with van der Waals surface area (Å²) in [4.78, 5) is 28.2. The van der Waals surface area contributed by atoms with Crippen LogP contribution in [0.25, 0.3) is 0 Å². The number of ether oxygens (including phenoxy) is 1. The van der Waals surface area contributed by atoms with Gasteiger partial charge in [0.1, 0.15) is 11.8 Å². The second-order valence-electron chi connectivity index (χ2n) is 8.29. The molecule has 3 aromatic rings. The summed E-state index contributed by atoms with van der Waals surface area (Å²) in [5.74, 6) is 0.148. The van der Waals surface area contributed by atoms with Gasteiger partial charge < -0.3 is 15.0 Å². The Labute approximate surface area is 206 Å². The topological polar surface area (TPSA) is 58.6 Å². The highest BCUT2D eigenvalue weighted by molar-refractivity contribution is 6.30. The number of hydrogen-bond donors (Lipinski definition) is 1. The third kappa shape index (κ3) is 7.09. The molecule has 5 nitrogen and oxygen atoms in total. The molecule has 0 saturated heterocycles. The molecule has 1 unspecified atom stereocenters. The molecule has 3 aromatic carbocycles. The van der Waals surface area contributed by atoms with Crippen molar-refractivity contribution in [1.82, 2.24) is 10.2 Å². The fraction of sp³-hybridized carbons (Fsp3) is 0.286. The summed E-state index contributed by atoms with van der Waals surface area (Å²) in [6, 6.07) is 22.1. The van der Waals surface area contributed by atoms with E-state index < -0.39 is 6.04 Å². The van der Waals surface area contributed by atoms with Crippen molar-refractivity contribution in [3.63, 3.8) is 0 Å². The standard InChI is InChI=1S/C28H31ClN2O3/c1-4-30-28(33)26(17-22-9-6-5-7-10-22)31(18-23-11-8-12-24(29)16-23)27(32)19-34-25-14-13-20(2)21(3)15-25/h5-16,26H,4,17-19H2,1-3H3,(H,30,33).